The molecule has 2 nitrogen and oxygen atoms in total. The van der Waals surface area contributed by atoms with Crippen molar-refractivity contribution in [2.75, 3.05) is 0 Å². The van der Waals surface area contributed by atoms with Crippen molar-refractivity contribution in [3.8, 4) is 11.4 Å². The van der Waals surface area contributed by atoms with E-state index in [0.717, 1.165) is 26.9 Å². The molecule has 21 heavy (non-hydrogen) atoms. The van der Waals surface area contributed by atoms with Crippen LogP contribution in [0.1, 0.15) is 0 Å². The number of rotatable bonds is 1. The molecule has 0 fully saturated rings. The lowest BCUT2D eigenvalue weighted by Crippen LogP contribution is -1.82. The van der Waals surface area contributed by atoms with E-state index in [1.54, 1.807) is 0 Å². The summed E-state index contributed by atoms with van der Waals surface area (Å²) < 4.78 is 0.938. The summed E-state index contributed by atoms with van der Waals surface area (Å²) in [6, 6.07) is 18.4. The first kappa shape index (κ1) is 12.9. The van der Waals surface area contributed by atoms with Crippen LogP contribution in [0.15, 0.2) is 59.1 Å². The molecule has 1 heterocycles. The molecule has 0 saturated heterocycles. The molecular weight excluding hydrogens is 348 g/mol. The number of benzene rings is 3. The second-order valence-corrected chi connectivity index (χ2v) is 6.22. The Morgan fingerprint density at radius 2 is 1.81 bits per heavy atom. The summed E-state index contributed by atoms with van der Waals surface area (Å²) in [6.07, 6.45) is 0. The first-order chi connectivity index (χ1) is 10.2. The standard InChI is InChI=1S/C17H10BrClN2/c18-11-8-14(19)16-15(9-11)20-17(21-16)13-7-3-5-10-4-1-2-6-12(10)13/h1-9H,(H,20,21). The van der Waals surface area contributed by atoms with Gasteiger partial charge in [-0.15, -0.1) is 0 Å². The van der Waals surface area contributed by atoms with Gasteiger partial charge in [0.15, 0.2) is 0 Å². The lowest BCUT2D eigenvalue weighted by Gasteiger charge is -2.03. The van der Waals surface area contributed by atoms with Crippen LogP contribution < -0.4 is 0 Å². The Kier molecular flexibility index (Phi) is 2.98. The Bertz CT molecular complexity index is 970. The molecule has 0 radical (unpaired) electrons. The number of fused-ring (bicyclic) bond motifs is 2. The van der Waals surface area contributed by atoms with Gasteiger partial charge in [0, 0.05) is 10.0 Å². The number of imidazole rings is 1. The van der Waals surface area contributed by atoms with Crippen LogP contribution >= 0.6 is 27.5 Å². The third-order valence-electron chi connectivity index (χ3n) is 3.55. The van der Waals surface area contributed by atoms with Gasteiger partial charge in [0.1, 0.15) is 11.3 Å². The highest BCUT2D eigenvalue weighted by molar-refractivity contribution is 9.10. The molecule has 3 aromatic carbocycles. The summed E-state index contributed by atoms with van der Waals surface area (Å²) in [6.45, 7) is 0. The average Bonchev–Trinajstić information content (AvgIpc) is 2.90. The van der Waals surface area contributed by atoms with Crippen LogP contribution in [0.3, 0.4) is 0 Å². The molecule has 0 bridgehead atoms. The van der Waals surface area contributed by atoms with Crippen molar-refractivity contribution in [2.45, 2.75) is 0 Å². The van der Waals surface area contributed by atoms with Gasteiger partial charge in [-0.2, -0.15) is 0 Å². The molecule has 0 unspecified atom stereocenters. The van der Waals surface area contributed by atoms with Gasteiger partial charge in [-0.3, -0.25) is 0 Å². The summed E-state index contributed by atoms with van der Waals surface area (Å²) in [7, 11) is 0. The van der Waals surface area contributed by atoms with E-state index in [-0.39, 0.29) is 0 Å². The average molecular weight is 358 g/mol. The molecule has 1 N–H and O–H groups in total. The number of aromatic amines is 1. The fraction of sp³-hybridized carbons (Fsp3) is 0. The minimum Gasteiger partial charge on any atom is -0.338 e. The maximum Gasteiger partial charge on any atom is 0.139 e. The van der Waals surface area contributed by atoms with E-state index in [4.69, 9.17) is 11.6 Å². The molecule has 102 valence electrons. The van der Waals surface area contributed by atoms with Crippen molar-refractivity contribution in [1.82, 2.24) is 9.97 Å². The molecule has 0 aliphatic carbocycles. The van der Waals surface area contributed by atoms with Crippen LogP contribution in [0, 0.1) is 0 Å². The zero-order valence-corrected chi connectivity index (χ0v) is 13.2. The lowest BCUT2D eigenvalue weighted by molar-refractivity contribution is 1.35. The highest BCUT2D eigenvalue weighted by Crippen LogP contribution is 2.32. The molecule has 4 heteroatoms. The van der Waals surface area contributed by atoms with Crippen molar-refractivity contribution < 1.29 is 0 Å². The highest BCUT2D eigenvalue weighted by atomic mass is 79.9. The molecule has 0 amide bonds. The van der Waals surface area contributed by atoms with E-state index in [9.17, 15) is 0 Å². The number of hydrogen-bond donors (Lipinski definition) is 1. The maximum absolute atomic E-state index is 6.27. The quantitative estimate of drug-likeness (QED) is 0.458. The van der Waals surface area contributed by atoms with E-state index in [0.29, 0.717) is 5.02 Å². The topological polar surface area (TPSA) is 28.7 Å². The van der Waals surface area contributed by atoms with Crippen LogP contribution in [0.25, 0.3) is 33.2 Å². The van der Waals surface area contributed by atoms with Gasteiger partial charge >= 0.3 is 0 Å². The van der Waals surface area contributed by atoms with E-state index < -0.39 is 0 Å². The molecule has 0 spiro atoms. The zero-order chi connectivity index (χ0) is 14.4. The summed E-state index contributed by atoms with van der Waals surface area (Å²) in [5, 5.41) is 3.01. The predicted octanol–water partition coefficient (Wildman–Crippen LogP) is 5.80. The number of H-pyrrole nitrogens is 1. The normalized spacial score (nSPS) is 11.3. The monoisotopic (exact) mass is 356 g/mol. The number of nitrogens with zero attached hydrogens (tertiary/aromatic N) is 1. The molecular formula is C17H10BrClN2. The number of halogens is 2. The largest absolute Gasteiger partial charge is 0.338 e. The molecule has 0 saturated carbocycles. The third-order valence-corrected chi connectivity index (χ3v) is 4.30. The van der Waals surface area contributed by atoms with Crippen LogP contribution in [-0.4, -0.2) is 9.97 Å². The van der Waals surface area contributed by atoms with Gasteiger partial charge in [0.25, 0.3) is 0 Å². The van der Waals surface area contributed by atoms with Crippen molar-refractivity contribution in [2.24, 2.45) is 0 Å². The fourth-order valence-electron chi connectivity index (χ4n) is 2.60. The number of nitrogens with one attached hydrogen (secondary N) is 1. The maximum atomic E-state index is 6.27. The van der Waals surface area contributed by atoms with Gasteiger partial charge < -0.3 is 4.98 Å². The summed E-state index contributed by atoms with van der Waals surface area (Å²) in [4.78, 5) is 8.03. The molecule has 4 aromatic rings. The van der Waals surface area contributed by atoms with Gasteiger partial charge in [-0.1, -0.05) is 70.0 Å². The fourth-order valence-corrected chi connectivity index (χ4v) is 3.45. The van der Waals surface area contributed by atoms with E-state index in [2.05, 4.69) is 50.2 Å². The smallest absolute Gasteiger partial charge is 0.139 e. The number of aromatic nitrogens is 2. The Morgan fingerprint density at radius 3 is 2.71 bits per heavy atom. The first-order valence-electron chi connectivity index (χ1n) is 6.55. The van der Waals surface area contributed by atoms with Gasteiger partial charge in [0.05, 0.1) is 10.5 Å². The molecule has 4 rings (SSSR count). The van der Waals surface area contributed by atoms with Gasteiger partial charge in [-0.05, 0) is 22.9 Å². The minimum atomic E-state index is 0.641. The number of hydrogen-bond acceptors (Lipinski definition) is 1. The van der Waals surface area contributed by atoms with Crippen LogP contribution in [0.5, 0.6) is 0 Å². The van der Waals surface area contributed by atoms with Crippen molar-refractivity contribution in [1.29, 1.82) is 0 Å². The highest BCUT2D eigenvalue weighted by Gasteiger charge is 2.11. The van der Waals surface area contributed by atoms with E-state index >= 15 is 0 Å². The minimum absolute atomic E-state index is 0.641. The first-order valence-corrected chi connectivity index (χ1v) is 7.72. The predicted molar refractivity (Wildman–Crippen MR) is 91.7 cm³/mol. The second kappa shape index (κ2) is 4.86. The van der Waals surface area contributed by atoms with Crippen LogP contribution in [0.4, 0.5) is 0 Å². The summed E-state index contributed by atoms with van der Waals surface area (Å²) in [5.41, 5.74) is 2.80. The second-order valence-electron chi connectivity index (χ2n) is 4.90. The van der Waals surface area contributed by atoms with Crippen LogP contribution in [-0.2, 0) is 0 Å². The lowest BCUT2D eigenvalue weighted by atomic mass is 10.0. The SMILES string of the molecule is Clc1cc(Br)cc2[nH]c(-c3cccc4ccccc34)nc12. The molecule has 1 aromatic heterocycles. The van der Waals surface area contributed by atoms with Crippen molar-refractivity contribution in [3.05, 3.63) is 64.1 Å². The van der Waals surface area contributed by atoms with Gasteiger partial charge in [-0.25, -0.2) is 4.98 Å². The molecule has 0 aliphatic rings. The van der Waals surface area contributed by atoms with E-state index in [1.165, 1.54) is 10.8 Å². The molecule has 0 aliphatic heterocycles. The zero-order valence-electron chi connectivity index (χ0n) is 10.9. The van der Waals surface area contributed by atoms with E-state index in [1.807, 2.05) is 30.3 Å². The third kappa shape index (κ3) is 2.13. The van der Waals surface area contributed by atoms with Crippen molar-refractivity contribution in [3.63, 3.8) is 0 Å². The summed E-state index contributed by atoms with van der Waals surface area (Å²) in [5.74, 6) is 0.835. The Hall–Kier alpha value is -1.84. The van der Waals surface area contributed by atoms with Crippen LogP contribution in [0.2, 0.25) is 5.02 Å². The molecule has 0 atom stereocenters. The van der Waals surface area contributed by atoms with Gasteiger partial charge in [0.2, 0.25) is 0 Å². The Balaban J connectivity index is 2.03. The van der Waals surface area contributed by atoms with Crippen molar-refractivity contribution >= 4 is 49.3 Å². The summed E-state index contributed by atoms with van der Waals surface area (Å²) >= 11 is 9.73. The Morgan fingerprint density at radius 1 is 1.00 bits per heavy atom. The Labute approximate surface area is 134 Å².